The molecule has 0 saturated heterocycles. The van der Waals surface area contributed by atoms with E-state index in [-0.39, 0.29) is 12.2 Å². The fraction of sp³-hybridized carbons (Fsp3) is 0.474. The molecule has 0 radical (unpaired) electrons. The Morgan fingerprint density at radius 3 is 2.53 bits per heavy atom. The molecule has 0 fully saturated rings. The fourth-order valence-corrected chi connectivity index (χ4v) is 3.59. The number of nitrogens with zero attached hydrogens (tertiary/aromatic N) is 1. The Hall–Kier alpha value is -2.72. The number of fused-ring (bicyclic) bond motifs is 1. The summed E-state index contributed by atoms with van der Waals surface area (Å²) in [5, 5.41) is 2.54. The van der Waals surface area contributed by atoms with Crippen molar-refractivity contribution in [1.82, 2.24) is 10.2 Å². The van der Waals surface area contributed by atoms with Crippen molar-refractivity contribution in [2.45, 2.75) is 38.2 Å². The van der Waals surface area contributed by atoms with Gasteiger partial charge in [-0.05, 0) is 43.0 Å². The highest BCUT2D eigenvalue weighted by molar-refractivity contribution is 6.07. The zero-order valence-corrected chi connectivity index (χ0v) is 15.8. The monoisotopic (exact) mass is 436 g/mol. The highest BCUT2D eigenvalue weighted by Gasteiger charge is 2.42. The Labute approximate surface area is 167 Å². The minimum Gasteiger partial charge on any atom is -0.488 e. The normalized spacial score (nSPS) is 19.4. The smallest absolute Gasteiger partial charge is 0.416 e. The van der Waals surface area contributed by atoms with Crippen molar-refractivity contribution in [3.63, 3.8) is 0 Å². The van der Waals surface area contributed by atoms with Crippen LogP contribution < -0.4 is 5.32 Å². The van der Waals surface area contributed by atoms with E-state index in [1.165, 1.54) is 13.0 Å². The molecule has 11 heteroatoms. The van der Waals surface area contributed by atoms with E-state index in [2.05, 4.69) is 5.32 Å². The standard InChI is InChI=1S/C19H18F6N2O3/c1-2-30-15-13(8-27(17(15)29)9-18(20,21)22)16(28)26-14-6-4-10-3-5-11(7-12(10)14)19(23,24)25/h3,5,7,14H,2,4,6,8-9H2,1H3,(H,26,28). The van der Waals surface area contributed by atoms with Gasteiger partial charge in [-0.2, -0.15) is 26.3 Å². The van der Waals surface area contributed by atoms with Crippen molar-refractivity contribution in [3.05, 3.63) is 46.2 Å². The zero-order chi connectivity index (χ0) is 22.3. The van der Waals surface area contributed by atoms with Gasteiger partial charge in [-0.3, -0.25) is 9.59 Å². The second-order valence-corrected chi connectivity index (χ2v) is 6.99. The minimum atomic E-state index is -4.66. The first-order valence-electron chi connectivity index (χ1n) is 9.13. The third kappa shape index (κ3) is 4.54. The number of halogens is 6. The van der Waals surface area contributed by atoms with Crippen LogP contribution in [-0.2, 0) is 26.9 Å². The maximum atomic E-state index is 13.0. The highest BCUT2D eigenvalue weighted by Crippen LogP contribution is 2.37. The zero-order valence-electron chi connectivity index (χ0n) is 15.8. The molecule has 5 nitrogen and oxygen atoms in total. The first-order valence-corrected chi connectivity index (χ1v) is 9.13. The molecule has 164 valence electrons. The van der Waals surface area contributed by atoms with Gasteiger partial charge < -0.3 is 15.0 Å². The summed E-state index contributed by atoms with van der Waals surface area (Å²) in [4.78, 5) is 25.4. The molecule has 0 saturated carbocycles. The molecule has 1 aromatic carbocycles. The second-order valence-electron chi connectivity index (χ2n) is 6.99. The van der Waals surface area contributed by atoms with Crippen LogP contribution in [0, 0.1) is 0 Å². The number of nitrogens with one attached hydrogen (secondary N) is 1. The van der Waals surface area contributed by atoms with Crippen molar-refractivity contribution < 1.29 is 40.7 Å². The summed E-state index contributed by atoms with van der Waals surface area (Å²) < 4.78 is 82.2. The third-order valence-corrected chi connectivity index (χ3v) is 4.89. The molecule has 1 heterocycles. The molecular weight excluding hydrogens is 418 g/mol. The average Bonchev–Trinajstić information content (AvgIpc) is 3.16. The molecule has 0 aromatic heterocycles. The van der Waals surface area contributed by atoms with E-state index in [1.54, 1.807) is 0 Å². The number of aryl methyl sites for hydroxylation is 1. The van der Waals surface area contributed by atoms with Crippen LogP contribution in [0.25, 0.3) is 0 Å². The molecule has 0 spiro atoms. The number of rotatable bonds is 5. The van der Waals surface area contributed by atoms with E-state index < -0.39 is 54.6 Å². The molecule has 2 amide bonds. The maximum Gasteiger partial charge on any atom is 0.416 e. The topological polar surface area (TPSA) is 58.6 Å². The number of hydrogen-bond donors (Lipinski definition) is 1. The molecule has 0 bridgehead atoms. The summed E-state index contributed by atoms with van der Waals surface area (Å²) in [6, 6.07) is 2.51. The number of amides is 2. The lowest BCUT2D eigenvalue weighted by Gasteiger charge is -2.19. The third-order valence-electron chi connectivity index (χ3n) is 4.89. The largest absolute Gasteiger partial charge is 0.488 e. The number of benzene rings is 1. The second kappa shape index (κ2) is 7.84. The van der Waals surface area contributed by atoms with Crippen molar-refractivity contribution in [1.29, 1.82) is 0 Å². The molecule has 1 unspecified atom stereocenters. The Bertz CT molecular complexity index is 891. The molecule has 1 aliphatic heterocycles. The van der Waals surface area contributed by atoms with Gasteiger partial charge in [0.1, 0.15) is 6.54 Å². The summed E-state index contributed by atoms with van der Waals surface area (Å²) in [7, 11) is 0. The number of alkyl halides is 6. The van der Waals surface area contributed by atoms with Gasteiger partial charge in [0.05, 0.1) is 30.3 Å². The lowest BCUT2D eigenvalue weighted by atomic mass is 10.0. The molecule has 1 N–H and O–H groups in total. The summed E-state index contributed by atoms with van der Waals surface area (Å²) >= 11 is 0. The Kier molecular flexibility index (Phi) is 5.74. The SMILES string of the molecule is CCOC1=C(C(=O)NC2CCc3ccc(C(F)(F)F)cc32)CN(CC(F)(F)F)C1=O. The molecule has 1 aromatic rings. The van der Waals surface area contributed by atoms with Crippen molar-refractivity contribution in [2.24, 2.45) is 0 Å². The average molecular weight is 436 g/mol. The Morgan fingerprint density at radius 2 is 1.93 bits per heavy atom. The number of carbonyl (C=O) groups is 2. The van der Waals surface area contributed by atoms with E-state index in [0.29, 0.717) is 28.9 Å². The predicted octanol–water partition coefficient (Wildman–Crippen LogP) is 3.50. The predicted molar refractivity (Wildman–Crippen MR) is 91.9 cm³/mol. The van der Waals surface area contributed by atoms with E-state index in [1.807, 2.05) is 0 Å². The van der Waals surface area contributed by atoms with Crippen LogP contribution in [0.15, 0.2) is 29.5 Å². The Balaban J connectivity index is 1.81. The number of ether oxygens (including phenoxy) is 1. The summed E-state index contributed by atoms with van der Waals surface area (Å²) in [5.41, 5.74) is -0.183. The van der Waals surface area contributed by atoms with Crippen LogP contribution in [0.5, 0.6) is 0 Å². The molecule has 3 rings (SSSR count). The molecular formula is C19H18F6N2O3. The van der Waals surface area contributed by atoms with E-state index in [9.17, 15) is 35.9 Å². The summed E-state index contributed by atoms with van der Waals surface area (Å²) in [5.74, 6) is -2.36. The fourth-order valence-electron chi connectivity index (χ4n) is 3.59. The van der Waals surface area contributed by atoms with Gasteiger partial charge >= 0.3 is 12.4 Å². The quantitative estimate of drug-likeness (QED) is 0.719. The molecule has 1 aliphatic carbocycles. The molecule has 1 atom stereocenters. The van der Waals surface area contributed by atoms with Gasteiger partial charge in [0.2, 0.25) is 0 Å². The van der Waals surface area contributed by atoms with Crippen LogP contribution in [0.2, 0.25) is 0 Å². The van der Waals surface area contributed by atoms with Crippen molar-refractivity contribution in [3.8, 4) is 0 Å². The molecule has 30 heavy (non-hydrogen) atoms. The lowest BCUT2D eigenvalue weighted by Crippen LogP contribution is -2.37. The van der Waals surface area contributed by atoms with Gasteiger partial charge in [-0.15, -0.1) is 0 Å². The van der Waals surface area contributed by atoms with Crippen molar-refractivity contribution >= 4 is 11.8 Å². The number of carbonyl (C=O) groups excluding carboxylic acids is 2. The first kappa shape index (κ1) is 22.0. The van der Waals surface area contributed by atoms with Crippen molar-refractivity contribution in [2.75, 3.05) is 19.7 Å². The lowest BCUT2D eigenvalue weighted by molar-refractivity contribution is -0.157. The van der Waals surface area contributed by atoms with Crippen LogP contribution in [0.4, 0.5) is 26.3 Å². The van der Waals surface area contributed by atoms with Gasteiger partial charge in [-0.1, -0.05) is 6.07 Å². The van der Waals surface area contributed by atoms with Crippen LogP contribution in [-0.4, -0.2) is 42.6 Å². The van der Waals surface area contributed by atoms with Gasteiger partial charge in [0, 0.05) is 0 Å². The first-order chi connectivity index (χ1) is 13.9. The Morgan fingerprint density at radius 1 is 1.23 bits per heavy atom. The van der Waals surface area contributed by atoms with E-state index in [4.69, 9.17) is 4.74 Å². The summed E-state index contributed by atoms with van der Waals surface area (Å²) in [6.45, 7) is -0.672. The highest BCUT2D eigenvalue weighted by atomic mass is 19.4. The van der Waals surface area contributed by atoms with Gasteiger partial charge in [-0.25, -0.2) is 0 Å². The van der Waals surface area contributed by atoms with Crippen LogP contribution in [0.3, 0.4) is 0 Å². The van der Waals surface area contributed by atoms with Crippen LogP contribution in [0.1, 0.15) is 36.1 Å². The minimum absolute atomic E-state index is 0.0427. The van der Waals surface area contributed by atoms with Gasteiger partial charge in [0.25, 0.3) is 11.8 Å². The maximum absolute atomic E-state index is 13.0. The van der Waals surface area contributed by atoms with E-state index >= 15 is 0 Å². The summed E-state index contributed by atoms with van der Waals surface area (Å²) in [6.07, 6.45) is -8.43. The van der Waals surface area contributed by atoms with Crippen LogP contribution >= 0.6 is 0 Å². The molecule has 2 aliphatic rings. The van der Waals surface area contributed by atoms with E-state index in [0.717, 1.165) is 12.1 Å². The van der Waals surface area contributed by atoms with Gasteiger partial charge in [0.15, 0.2) is 5.76 Å². The number of hydrogen-bond acceptors (Lipinski definition) is 3.